The summed E-state index contributed by atoms with van der Waals surface area (Å²) in [4.78, 5) is 0. The van der Waals surface area contributed by atoms with Gasteiger partial charge >= 0.3 is 118 Å². The van der Waals surface area contributed by atoms with Crippen molar-refractivity contribution < 1.29 is 118 Å². The van der Waals surface area contributed by atoms with E-state index < -0.39 is 0 Å². The van der Waals surface area contributed by atoms with Crippen LogP contribution in [0.5, 0.6) is 0 Å². The van der Waals surface area contributed by atoms with Gasteiger partial charge in [-0.05, 0) is 0 Å². The van der Waals surface area contributed by atoms with Crippen LogP contribution in [0.25, 0.3) is 0 Å². The maximum Gasteiger partial charge on any atom is 1.00 e. The largest absolute Gasteiger partial charge is 1.00 e. The summed E-state index contributed by atoms with van der Waals surface area (Å²) in [5, 5.41) is 0. The summed E-state index contributed by atoms with van der Waals surface area (Å²) in [7, 11) is 0. The molecule has 0 atom stereocenters. The van der Waals surface area contributed by atoms with E-state index in [1.54, 1.807) is 0 Å². The quantitative estimate of drug-likeness (QED) is 0.306. The summed E-state index contributed by atoms with van der Waals surface area (Å²) in [6, 6.07) is 0. The summed E-state index contributed by atoms with van der Waals surface area (Å²) in [5.74, 6) is 0. The molecule has 10 heavy (non-hydrogen) atoms. The smallest absolute Gasteiger partial charge is 0.810 e. The van der Waals surface area contributed by atoms with Crippen LogP contribution in [-0.4, -0.2) is 0 Å². The van der Waals surface area contributed by atoms with Gasteiger partial charge in [0.1, 0.15) is 0 Å². The molecular formula is C2Na4S4. The second-order valence-corrected chi connectivity index (χ2v) is 2.72. The molecule has 0 saturated carbocycles. The Bertz CT molecular complexity index is 65.3. The van der Waals surface area contributed by atoms with Crippen LogP contribution in [0.1, 0.15) is 0 Å². The Morgan fingerprint density at radius 3 is 0.600 bits per heavy atom. The Kier molecular flexibility index (Phi) is 56.4. The van der Waals surface area contributed by atoms with Crippen molar-refractivity contribution in [2.24, 2.45) is 0 Å². The summed E-state index contributed by atoms with van der Waals surface area (Å²) in [6.45, 7) is 0. The van der Waals surface area contributed by atoms with Crippen molar-refractivity contribution in [2.45, 2.75) is 0 Å². The molecule has 0 rings (SSSR count). The zero-order chi connectivity index (χ0) is 5.15. The molecule has 0 saturated heterocycles. The second-order valence-electron chi connectivity index (χ2n) is 0.575. The minimum absolute atomic E-state index is 0. The Morgan fingerprint density at radius 1 is 0.500 bits per heavy atom. The van der Waals surface area contributed by atoms with Crippen LogP contribution in [0.3, 0.4) is 0 Å². The van der Waals surface area contributed by atoms with Crippen LogP contribution in [0, 0.1) is 0 Å². The van der Waals surface area contributed by atoms with Crippen molar-refractivity contribution in [3.05, 3.63) is 8.47 Å². The molecular weight excluding hydrogens is 244 g/mol. The molecule has 0 heterocycles. The average Bonchev–Trinajstić information content (AvgIpc) is 1.36. The Labute approximate surface area is 173 Å². The van der Waals surface area contributed by atoms with Crippen LogP contribution in [0.2, 0.25) is 0 Å². The minimum Gasteiger partial charge on any atom is -0.810 e. The summed E-state index contributed by atoms with van der Waals surface area (Å²) < 4.78 is 0.444. The zero-order valence-corrected chi connectivity index (χ0v) is 17.9. The molecule has 0 aromatic carbocycles. The van der Waals surface area contributed by atoms with Crippen molar-refractivity contribution >= 4 is 50.5 Å². The predicted octanol–water partition coefficient (Wildman–Crippen LogP) is -11.7. The third-order valence-electron chi connectivity index (χ3n) is 0.167. The average molecular weight is 244 g/mol. The molecule has 8 heteroatoms. The first-order chi connectivity index (χ1) is 2.64. The molecule has 0 aromatic heterocycles. The first kappa shape index (κ1) is 29.3. The van der Waals surface area contributed by atoms with Crippen LogP contribution in [0.4, 0.5) is 0 Å². The van der Waals surface area contributed by atoms with Gasteiger partial charge < -0.3 is 59.0 Å². The van der Waals surface area contributed by atoms with Gasteiger partial charge in [0, 0.05) is 0 Å². The maximum absolute atomic E-state index is 4.39. The second kappa shape index (κ2) is 19.2. The Hall–Kier alpha value is 4.62. The summed E-state index contributed by atoms with van der Waals surface area (Å²) in [5.41, 5.74) is 0. The fraction of sp³-hybridized carbons (Fsp3) is 0. The van der Waals surface area contributed by atoms with Gasteiger partial charge in [-0.1, -0.05) is 0 Å². The first-order valence-corrected chi connectivity index (χ1v) is 2.70. The summed E-state index contributed by atoms with van der Waals surface area (Å²) in [6.07, 6.45) is 0. The van der Waals surface area contributed by atoms with Gasteiger partial charge in [0.05, 0.1) is 0 Å². The van der Waals surface area contributed by atoms with Gasteiger partial charge in [0.25, 0.3) is 0 Å². The van der Waals surface area contributed by atoms with Gasteiger partial charge in [-0.25, -0.2) is 0 Å². The van der Waals surface area contributed by atoms with Crippen molar-refractivity contribution in [1.29, 1.82) is 0 Å². The zero-order valence-electron chi connectivity index (χ0n) is 6.63. The van der Waals surface area contributed by atoms with E-state index in [4.69, 9.17) is 0 Å². The number of rotatable bonds is 0. The van der Waals surface area contributed by atoms with Crippen LogP contribution >= 0.6 is 0 Å². The van der Waals surface area contributed by atoms with Crippen LogP contribution < -0.4 is 118 Å². The molecule has 0 N–H and O–H groups in total. The van der Waals surface area contributed by atoms with E-state index >= 15 is 0 Å². The Balaban J connectivity index is -0.0000000208. The molecule has 0 unspecified atom stereocenters. The number of hydrogen-bond acceptors (Lipinski definition) is 4. The fourth-order valence-electron chi connectivity index (χ4n) is 0. The first-order valence-electron chi connectivity index (χ1n) is 1.07. The molecule has 36 valence electrons. The maximum atomic E-state index is 4.39. The molecule has 0 radical (unpaired) electrons. The van der Waals surface area contributed by atoms with E-state index in [-0.39, 0.29) is 127 Å². The van der Waals surface area contributed by atoms with Crippen molar-refractivity contribution in [3.8, 4) is 0 Å². The normalized spacial score (nSPS) is 4.40. The molecule has 0 fully saturated rings. The van der Waals surface area contributed by atoms with E-state index in [1.165, 1.54) is 0 Å². The fourth-order valence-corrected chi connectivity index (χ4v) is 0. The molecule has 0 aliphatic heterocycles. The van der Waals surface area contributed by atoms with Gasteiger partial charge in [-0.15, -0.1) is 0 Å². The van der Waals surface area contributed by atoms with Gasteiger partial charge in [0.2, 0.25) is 0 Å². The molecule has 0 spiro atoms. The van der Waals surface area contributed by atoms with Crippen LogP contribution in [0.15, 0.2) is 8.47 Å². The monoisotopic (exact) mass is 244 g/mol. The molecule has 0 bridgehead atoms. The van der Waals surface area contributed by atoms with E-state index in [9.17, 15) is 0 Å². The molecule has 0 aliphatic carbocycles. The molecule has 0 aliphatic rings. The van der Waals surface area contributed by atoms with Gasteiger partial charge in [0.15, 0.2) is 0 Å². The van der Waals surface area contributed by atoms with Crippen LogP contribution in [-0.2, 0) is 50.5 Å². The van der Waals surface area contributed by atoms with Crippen molar-refractivity contribution in [3.63, 3.8) is 0 Å². The van der Waals surface area contributed by atoms with Crippen molar-refractivity contribution in [1.82, 2.24) is 0 Å². The number of hydrogen-bond donors (Lipinski definition) is 0. The third-order valence-corrected chi connectivity index (χ3v) is 1.50. The SMILES string of the molecule is [Na+].[Na+].[Na+].[Na+].[S-]C([S-])=C([S-])[S-]. The van der Waals surface area contributed by atoms with E-state index in [0.717, 1.165) is 0 Å². The predicted molar refractivity (Wildman–Crippen MR) is 36.5 cm³/mol. The van der Waals surface area contributed by atoms with E-state index in [2.05, 4.69) is 50.5 Å². The van der Waals surface area contributed by atoms with Gasteiger partial charge in [-0.2, -0.15) is 0 Å². The minimum atomic E-state index is 0. The molecule has 0 nitrogen and oxygen atoms in total. The standard InChI is InChI=1S/C2H4S4.4Na/c3-1(4)2(5)6;;;;/h3-6H;;;;/q;4*+1/p-4. The molecule has 0 amide bonds. The third kappa shape index (κ3) is 22.9. The van der Waals surface area contributed by atoms with E-state index in [0.29, 0.717) is 0 Å². The van der Waals surface area contributed by atoms with E-state index in [1.807, 2.05) is 0 Å². The Morgan fingerprint density at radius 2 is 0.600 bits per heavy atom. The topological polar surface area (TPSA) is 0 Å². The van der Waals surface area contributed by atoms with Crippen molar-refractivity contribution in [2.75, 3.05) is 0 Å². The molecule has 0 aromatic rings. The summed E-state index contributed by atoms with van der Waals surface area (Å²) >= 11 is 17.6. The van der Waals surface area contributed by atoms with Gasteiger partial charge in [-0.3, -0.25) is 0 Å².